The van der Waals surface area contributed by atoms with E-state index >= 15 is 0 Å². The number of aromatic nitrogens is 1. The van der Waals surface area contributed by atoms with Crippen molar-refractivity contribution in [2.24, 2.45) is 0 Å². The number of hydrogen-bond donors (Lipinski definition) is 2. The van der Waals surface area contributed by atoms with Crippen LogP contribution in [0.3, 0.4) is 0 Å². The van der Waals surface area contributed by atoms with Crippen LogP contribution in [0.2, 0.25) is 5.02 Å². The highest BCUT2D eigenvalue weighted by molar-refractivity contribution is 6.31. The van der Waals surface area contributed by atoms with E-state index in [0.29, 0.717) is 22.9 Å². The lowest BCUT2D eigenvalue weighted by Crippen LogP contribution is -2.38. The zero-order chi connectivity index (χ0) is 21.6. The Bertz CT molecular complexity index is 1070. The molecule has 3 aromatic rings. The van der Waals surface area contributed by atoms with Crippen LogP contribution in [0.5, 0.6) is 0 Å². The van der Waals surface area contributed by atoms with E-state index in [1.807, 2.05) is 49.4 Å². The standard InChI is InChI=1S/C24H27ClN4O2/c1-17-7-8-18(15-22(17)25)28-23-20-6-3-2-5-19(20)21(16-27-23)24(30)26-9-4-10-29-11-13-31-14-12-29/h2-3,5-8,15-16H,4,9-14H2,1H3,(H,26,30)(H,27,28). The van der Waals surface area contributed by atoms with Crippen LogP contribution < -0.4 is 10.6 Å². The Balaban J connectivity index is 1.45. The quantitative estimate of drug-likeness (QED) is 0.535. The summed E-state index contributed by atoms with van der Waals surface area (Å²) in [6.45, 7) is 7.07. The first kappa shape index (κ1) is 21.6. The summed E-state index contributed by atoms with van der Waals surface area (Å²) in [6.07, 6.45) is 2.54. The maximum absolute atomic E-state index is 12.8. The first-order chi connectivity index (χ1) is 15.1. The number of anilines is 2. The molecule has 1 aliphatic heterocycles. The van der Waals surface area contributed by atoms with Crippen molar-refractivity contribution in [1.82, 2.24) is 15.2 Å². The number of hydrogen-bond acceptors (Lipinski definition) is 5. The van der Waals surface area contributed by atoms with Crippen LogP contribution in [-0.2, 0) is 4.74 Å². The predicted octanol–water partition coefficient (Wildman–Crippen LogP) is 4.39. The number of aryl methyl sites for hydroxylation is 1. The fourth-order valence-corrected chi connectivity index (χ4v) is 3.89. The number of fused-ring (bicyclic) bond motifs is 1. The maximum Gasteiger partial charge on any atom is 0.253 e. The molecule has 4 rings (SSSR count). The monoisotopic (exact) mass is 438 g/mol. The van der Waals surface area contributed by atoms with E-state index in [9.17, 15) is 4.79 Å². The molecular weight excluding hydrogens is 412 g/mol. The fourth-order valence-electron chi connectivity index (χ4n) is 3.71. The molecule has 0 atom stereocenters. The van der Waals surface area contributed by atoms with Gasteiger partial charge < -0.3 is 15.4 Å². The van der Waals surface area contributed by atoms with Gasteiger partial charge in [-0.2, -0.15) is 0 Å². The molecule has 0 spiro atoms. The third kappa shape index (κ3) is 5.34. The van der Waals surface area contributed by atoms with Gasteiger partial charge in [0, 0.05) is 41.9 Å². The SMILES string of the molecule is Cc1ccc(Nc2ncc(C(=O)NCCCN3CCOCC3)c3ccccc23)cc1Cl. The Morgan fingerprint density at radius 2 is 1.94 bits per heavy atom. The van der Waals surface area contributed by atoms with Gasteiger partial charge in [0.2, 0.25) is 0 Å². The summed E-state index contributed by atoms with van der Waals surface area (Å²) in [4.78, 5) is 19.7. The van der Waals surface area contributed by atoms with Crippen LogP contribution in [0.1, 0.15) is 22.3 Å². The van der Waals surface area contributed by atoms with Crippen molar-refractivity contribution < 1.29 is 9.53 Å². The lowest BCUT2D eigenvalue weighted by atomic mass is 10.1. The normalized spacial score (nSPS) is 14.5. The minimum atomic E-state index is -0.101. The molecule has 1 aromatic heterocycles. The molecule has 0 saturated carbocycles. The van der Waals surface area contributed by atoms with E-state index in [2.05, 4.69) is 20.5 Å². The summed E-state index contributed by atoms with van der Waals surface area (Å²) < 4.78 is 5.37. The molecule has 2 aromatic carbocycles. The highest BCUT2D eigenvalue weighted by Gasteiger charge is 2.14. The number of halogens is 1. The average Bonchev–Trinajstić information content (AvgIpc) is 2.80. The number of nitrogens with zero attached hydrogens (tertiary/aromatic N) is 2. The van der Waals surface area contributed by atoms with Crippen LogP contribution in [0, 0.1) is 6.92 Å². The Morgan fingerprint density at radius 1 is 1.16 bits per heavy atom. The molecule has 2 N–H and O–H groups in total. The lowest BCUT2D eigenvalue weighted by molar-refractivity contribution is 0.0374. The van der Waals surface area contributed by atoms with Crippen molar-refractivity contribution in [2.75, 3.05) is 44.7 Å². The van der Waals surface area contributed by atoms with Gasteiger partial charge >= 0.3 is 0 Å². The molecule has 1 amide bonds. The summed E-state index contributed by atoms with van der Waals surface area (Å²) in [7, 11) is 0. The number of carbonyl (C=O) groups excluding carboxylic acids is 1. The van der Waals surface area contributed by atoms with Gasteiger partial charge in [-0.05, 0) is 43.0 Å². The topological polar surface area (TPSA) is 66.5 Å². The number of nitrogens with one attached hydrogen (secondary N) is 2. The third-order valence-corrected chi connectivity index (χ3v) is 5.92. The summed E-state index contributed by atoms with van der Waals surface area (Å²) in [5, 5.41) is 8.82. The molecule has 0 radical (unpaired) electrons. The van der Waals surface area contributed by atoms with Crippen molar-refractivity contribution in [1.29, 1.82) is 0 Å². The minimum Gasteiger partial charge on any atom is -0.379 e. The fraction of sp³-hybridized carbons (Fsp3) is 0.333. The number of ether oxygens (including phenoxy) is 1. The van der Waals surface area contributed by atoms with Crippen LogP contribution in [0.25, 0.3) is 10.8 Å². The molecule has 1 aliphatic rings. The van der Waals surface area contributed by atoms with Crippen molar-refractivity contribution in [2.45, 2.75) is 13.3 Å². The first-order valence-corrected chi connectivity index (χ1v) is 11.0. The second kappa shape index (κ2) is 10.1. The van der Waals surface area contributed by atoms with Gasteiger partial charge in [-0.3, -0.25) is 9.69 Å². The second-order valence-corrected chi connectivity index (χ2v) is 8.13. The van der Waals surface area contributed by atoms with Gasteiger partial charge in [0.1, 0.15) is 5.82 Å². The van der Waals surface area contributed by atoms with Gasteiger partial charge in [0.15, 0.2) is 0 Å². The van der Waals surface area contributed by atoms with Gasteiger partial charge in [0.05, 0.1) is 18.8 Å². The van der Waals surface area contributed by atoms with E-state index in [1.165, 1.54) is 0 Å². The zero-order valence-corrected chi connectivity index (χ0v) is 18.4. The lowest BCUT2D eigenvalue weighted by Gasteiger charge is -2.26. The predicted molar refractivity (Wildman–Crippen MR) is 125 cm³/mol. The first-order valence-electron chi connectivity index (χ1n) is 10.6. The minimum absolute atomic E-state index is 0.101. The van der Waals surface area contributed by atoms with Crippen LogP contribution in [-0.4, -0.2) is 55.2 Å². The second-order valence-electron chi connectivity index (χ2n) is 7.72. The highest BCUT2D eigenvalue weighted by atomic mass is 35.5. The summed E-state index contributed by atoms with van der Waals surface area (Å²) in [6, 6.07) is 13.6. The number of rotatable bonds is 7. The largest absolute Gasteiger partial charge is 0.379 e. The number of pyridine rings is 1. The highest BCUT2D eigenvalue weighted by Crippen LogP contribution is 2.28. The van der Waals surface area contributed by atoms with Crippen molar-refractivity contribution in [3.8, 4) is 0 Å². The Morgan fingerprint density at radius 3 is 2.71 bits per heavy atom. The Labute approximate surface area is 187 Å². The Kier molecular flexibility index (Phi) is 7.02. The van der Waals surface area contributed by atoms with Crippen molar-refractivity contribution in [3.05, 3.63) is 64.8 Å². The van der Waals surface area contributed by atoms with E-state index < -0.39 is 0 Å². The molecule has 0 aliphatic carbocycles. The summed E-state index contributed by atoms with van der Waals surface area (Å²) >= 11 is 6.25. The van der Waals surface area contributed by atoms with E-state index in [1.54, 1.807) is 6.20 Å². The number of carbonyl (C=O) groups is 1. The van der Waals surface area contributed by atoms with E-state index in [0.717, 1.165) is 61.3 Å². The number of morpholine rings is 1. The summed E-state index contributed by atoms with van der Waals surface area (Å²) in [5.41, 5.74) is 2.45. The number of amides is 1. The van der Waals surface area contributed by atoms with E-state index in [4.69, 9.17) is 16.3 Å². The zero-order valence-electron chi connectivity index (χ0n) is 17.7. The molecule has 6 nitrogen and oxygen atoms in total. The van der Waals surface area contributed by atoms with Gasteiger partial charge in [0.25, 0.3) is 5.91 Å². The van der Waals surface area contributed by atoms with Crippen molar-refractivity contribution >= 4 is 39.8 Å². The van der Waals surface area contributed by atoms with Crippen LogP contribution in [0.15, 0.2) is 48.7 Å². The smallest absolute Gasteiger partial charge is 0.253 e. The maximum atomic E-state index is 12.8. The van der Waals surface area contributed by atoms with Crippen LogP contribution in [0.4, 0.5) is 11.5 Å². The summed E-state index contributed by atoms with van der Waals surface area (Å²) in [5.74, 6) is 0.593. The van der Waals surface area contributed by atoms with Gasteiger partial charge in [-0.15, -0.1) is 0 Å². The molecule has 31 heavy (non-hydrogen) atoms. The third-order valence-electron chi connectivity index (χ3n) is 5.51. The molecule has 162 valence electrons. The Hall–Kier alpha value is -2.67. The van der Waals surface area contributed by atoms with Gasteiger partial charge in [-0.1, -0.05) is 41.9 Å². The molecule has 1 saturated heterocycles. The molecule has 0 bridgehead atoms. The molecule has 0 unspecified atom stereocenters. The van der Waals surface area contributed by atoms with Gasteiger partial charge in [-0.25, -0.2) is 4.98 Å². The van der Waals surface area contributed by atoms with Crippen LogP contribution >= 0.6 is 11.6 Å². The van der Waals surface area contributed by atoms with Crippen molar-refractivity contribution in [3.63, 3.8) is 0 Å². The average molecular weight is 439 g/mol. The molecule has 7 heteroatoms. The molecular formula is C24H27ClN4O2. The molecule has 2 heterocycles. The van der Waals surface area contributed by atoms with E-state index in [-0.39, 0.29) is 5.91 Å². The molecule has 1 fully saturated rings. The number of benzene rings is 2.